The number of benzene rings is 2. The molecule has 3 N–H and O–H groups in total. The van der Waals surface area contributed by atoms with E-state index in [0.717, 1.165) is 10.9 Å². The first-order valence-electron chi connectivity index (χ1n) is 8.19. The SMILES string of the molecule is Cc1ccc2c(CC(=O)NC(Cc3ccc(O)cc3)C(=O)O)coc2c1. The number of hydrogen-bond acceptors (Lipinski definition) is 4. The van der Waals surface area contributed by atoms with Crippen molar-refractivity contribution in [2.75, 3.05) is 0 Å². The van der Waals surface area contributed by atoms with Gasteiger partial charge in [-0.25, -0.2) is 4.79 Å². The van der Waals surface area contributed by atoms with Crippen LogP contribution in [0.5, 0.6) is 5.75 Å². The molecule has 6 nitrogen and oxygen atoms in total. The Bertz CT molecular complexity index is 942. The standard InChI is InChI=1S/C20H19NO5/c1-12-2-7-16-14(11-26-18(16)8-12)10-19(23)21-17(20(24)25)9-13-3-5-15(22)6-4-13/h2-8,11,17,22H,9-10H2,1H3,(H,21,23)(H,24,25). The highest BCUT2D eigenvalue weighted by molar-refractivity contribution is 5.90. The van der Waals surface area contributed by atoms with Crippen LogP contribution in [-0.4, -0.2) is 28.1 Å². The zero-order valence-electron chi connectivity index (χ0n) is 14.2. The number of aryl methyl sites for hydroxylation is 1. The molecule has 2 aromatic carbocycles. The van der Waals surface area contributed by atoms with Crippen LogP contribution in [0.15, 0.2) is 53.1 Å². The summed E-state index contributed by atoms with van der Waals surface area (Å²) in [6.07, 6.45) is 1.70. The second kappa shape index (κ2) is 7.31. The molecule has 3 rings (SSSR count). The van der Waals surface area contributed by atoms with Crippen molar-refractivity contribution in [3.05, 3.63) is 65.4 Å². The van der Waals surface area contributed by atoms with E-state index in [2.05, 4.69) is 5.32 Å². The lowest BCUT2D eigenvalue weighted by molar-refractivity contribution is -0.141. The van der Waals surface area contributed by atoms with Gasteiger partial charge >= 0.3 is 5.97 Å². The smallest absolute Gasteiger partial charge is 0.326 e. The van der Waals surface area contributed by atoms with Gasteiger partial charge in [-0.15, -0.1) is 0 Å². The molecule has 0 bridgehead atoms. The average Bonchev–Trinajstić information content (AvgIpc) is 2.98. The Kier molecular flexibility index (Phi) is 4.93. The van der Waals surface area contributed by atoms with Crippen LogP contribution in [0.2, 0.25) is 0 Å². The number of aliphatic carboxylic acids is 1. The van der Waals surface area contributed by atoms with Gasteiger partial charge in [-0.05, 0) is 36.2 Å². The Morgan fingerprint density at radius 2 is 1.88 bits per heavy atom. The van der Waals surface area contributed by atoms with E-state index in [1.807, 2.05) is 25.1 Å². The maximum Gasteiger partial charge on any atom is 0.326 e. The van der Waals surface area contributed by atoms with Gasteiger partial charge in [-0.2, -0.15) is 0 Å². The van der Waals surface area contributed by atoms with E-state index >= 15 is 0 Å². The van der Waals surface area contributed by atoms with Crippen molar-refractivity contribution in [2.24, 2.45) is 0 Å². The molecule has 0 saturated carbocycles. The van der Waals surface area contributed by atoms with E-state index in [1.54, 1.807) is 12.1 Å². The quantitative estimate of drug-likeness (QED) is 0.633. The molecule has 1 aromatic heterocycles. The molecule has 1 atom stereocenters. The zero-order chi connectivity index (χ0) is 18.7. The van der Waals surface area contributed by atoms with Crippen molar-refractivity contribution in [1.29, 1.82) is 0 Å². The number of nitrogens with one attached hydrogen (secondary N) is 1. The summed E-state index contributed by atoms with van der Waals surface area (Å²) in [7, 11) is 0. The summed E-state index contributed by atoms with van der Waals surface area (Å²) in [6.45, 7) is 1.95. The monoisotopic (exact) mass is 353 g/mol. The number of carboxylic acids is 1. The lowest BCUT2D eigenvalue weighted by atomic mass is 10.0. The number of aromatic hydroxyl groups is 1. The summed E-state index contributed by atoms with van der Waals surface area (Å²) in [5, 5.41) is 22.1. The molecule has 0 spiro atoms. The number of amides is 1. The average molecular weight is 353 g/mol. The number of phenolic OH excluding ortho intramolecular Hbond substituents is 1. The first kappa shape index (κ1) is 17.5. The van der Waals surface area contributed by atoms with Crippen LogP contribution in [0.1, 0.15) is 16.7 Å². The third-order valence-electron chi connectivity index (χ3n) is 4.17. The predicted molar refractivity (Wildman–Crippen MR) is 96.0 cm³/mol. The van der Waals surface area contributed by atoms with Crippen LogP contribution in [0.3, 0.4) is 0 Å². The number of phenols is 1. The van der Waals surface area contributed by atoms with Gasteiger partial charge in [0.1, 0.15) is 17.4 Å². The van der Waals surface area contributed by atoms with Gasteiger partial charge in [-0.1, -0.05) is 24.3 Å². The van der Waals surface area contributed by atoms with Crippen LogP contribution < -0.4 is 5.32 Å². The molecule has 0 aliphatic carbocycles. The summed E-state index contributed by atoms with van der Waals surface area (Å²) in [6, 6.07) is 10.9. The van der Waals surface area contributed by atoms with Crippen LogP contribution >= 0.6 is 0 Å². The van der Waals surface area contributed by atoms with E-state index in [-0.39, 0.29) is 24.5 Å². The van der Waals surface area contributed by atoms with Gasteiger partial charge in [0.05, 0.1) is 12.7 Å². The number of rotatable bonds is 6. The van der Waals surface area contributed by atoms with Gasteiger partial charge in [0.25, 0.3) is 0 Å². The molecule has 0 fully saturated rings. The predicted octanol–water partition coefficient (Wildman–Crippen LogP) is 2.80. The summed E-state index contributed by atoms with van der Waals surface area (Å²) >= 11 is 0. The highest BCUT2D eigenvalue weighted by atomic mass is 16.4. The van der Waals surface area contributed by atoms with Crippen LogP contribution in [0.25, 0.3) is 11.0 Å². The second-order valence-electron chi connectivity index (χ2n) is 6.27. The van der Waals surface area contributed by atoms with Crippen molar-refractivity contribution in [3.63, 3.8) is 0 Å². The van der Waals surface area contributed by atoms with Crippen molar-refractivity contribution in [3.8, 4) is 5.75 Å². The second-order valence-corrected chi connectivity index (χ2v) is 6.27. The van der Waals surface area contributed by atoms with E-state index < -0.39 is 12.0 Å². The molecule has 0 radical (unpaired) electrons. The number of furan rings is 1. The first-order valence-corrected chi connectivity index (χ1v) is 8.19. The van der Waals surface area contributed by atoms with Gasteiger partial charge in [0, 0.05) is 17.4 Å². The molecule has 26 heavy (non-hydrogen) atoms. The van der Waals surface area contributed by atoms with Gasteiger partial charge < -0.3 is 19.9 Å². The molecular formula is C20H19NO5. The summed E-state index contributed by atoms with van der Waals surface area (Å²) in [5.41, 5.74) is 3.18. The molecular weight excluding hydrogens is 334 g/mol. The Morgan fingerprint density at radius 1 is 1.15 bits per heavy atom. The van der Waals surface area contributed by atoms with Gasteiger partial charge in [0.15, 0.2) is 0 Å². The van der Waals surface area contributed by atoms with Crippen LogP contribution in [-0.2, 0) is 22.4 Å². The molecule has 6 heteroatoms. The van der Waals surface area contributed by atoms with Gasteiger partial charge in [-0.3, -0.25) is 4.79 Å². The third kappa shape index (κ3) is 4.03. The van der Waals surface area contributed by atoms with Crippen LogP contribution in [0, 0.1) is 6.92 Å². The maximum atomic E-state index is 12.3. The van der Waals surface area contributed by atoms with Crippen LogP contribution in [0.4, 0.5) is 0 Å². The Balaban J connectivity index is 1.69. The van der Waals surface area contributed by atoms with Crippen molar-refractivity contribution >= 4 is 22.8 Å². The highest BCUT2D eigenvalue weighted by Gasteiger charge is 2.21. The molecule has 0 saturated heterocycles. The minimum atomic E-state index is -1.11. The molecule has 1 amide bonds. The van der Waals surface area contributed by atoms with E-state index in [9.17, 15) is 19.8 Å². The van der Waals surface area contributed by atoms with Crippen molar-refractivity contribution < 1.29 is 24.2 Å². The molecule has 1 unspecified atom stereocenters. The topological polar surface area (TPSA) is 99.8 Å². The summed E-state index contributed by atoms with van der Waals surface area (Å²) in [5.74, 6) is -1.40. The Hall–Kier alpha value is -3.28. The number of fused-ring (bicyclic) bond motifs is 1. The molecule has 3 aromatic rings. The fourth-order valence-electron chi connectivity index (χ4n) is 2.81. The van der Waals surface area contributed by atoms with Gasteiger partial charge in [0.2, 0.25) is 5.91 Å². The third-order valence-corrected chi connectivity index (χ3v) is 4.17. The largest absolute Gasteiger partial charge is 0.508 e. The highest BCUT2D eigenvalue weighted by Crippen LogP contribution is 2.22. The number of carbonyl (C=O) groups is 2. The minimum absolute atomic E-state index is 0.0371. The lowest BCUT2D eigenvalue weighted by Crippen LogP contribution is -2.43. The number of hydrogen-bond donors (Lipinski definition) is 3. The lowest BCUT2D eigenvalue weighted by Gasteiger charge is -2.14. The minimum Gasteiger partial charge on any atom is -0.508 e. The van der Waals surface area contributed by atoms with Crippen molar-refractivity contribution in [1.82, 2.24) is 5.32 Å². The molecule has 0 aliphatic rings. The Morgan fingerprint density at radius 3 is 2.58 bits per heavy atom. The fourth-order valence-corrected chi connectivity index (χ4v) is 2.81. The van der Waals surface area contributed by atoms with E-state index in [1.165, 1.54) is 18.4 Å². The van der Waals surface area contributed by atoms with E-state index in [0.29, 0.717) is 16.7 Å². The number of carbonyl (C=O) groups excluding carboxylic acids is 1. The van der Waals surface area contributed by atoms with Crippen molar-refractivity contribution in [2.45, 2.75) is 25.8 Å². The van der Waals surface area contributed by atoms with E-state index in [4.69, 9.17) is 4.42 Å². The summed E-state index contributed by atoms with van der Waals surface area (Å²) in [4.78, 5) is 23.8. The number of carboxylic acid groups (broad SMARTS) is 1. The summed E-state index contributed by atoms with van der Waals surface area (Å²) < 4.78 is 5.47. The first-order chi connectivity index (χ1) is 12.4. The Labute approximate surface area is 150 Å². The molecule has 0 aliphatic heterocycles. The molecule has 1 heterocycles. The zero-order valence-corrected chi connectivity index (χ0v) is 14.2. The normalized spacial score (nSPS) is 12.0. The fraction of sp³-hybridized carbons (Fsp3) is 0.200. The molecule has 134 valence electrons. The maximum absolute atomic E-state index is 12.3.